The van der Waals surface area contributed by atoms with Gasteiger partial charge in [0.05, 0.1) is 10.0 Å². The lowest BCUT2D eigenvalue weighted by molar-refractivity contribution is 0.662. The standard InChI is InChI=1S/C11H15Cl3N2/c1-4-5-16(7(2)3)11-9(13)6-8(12)10(14)15-11/h6-7H,4-5H2,1-3H3. The number of pyridine rings is 1. The van der Waals surface area contributed by atoms with E-state index in [1.165, 1.54) is 0 Å². The SMILES string of the molecule is CCCN(c1nc(Cl)c(Cl)cc1Cl)C(C)C. The first-order valence-electron chi connectivity index (χ1n) is 5.25. The second kappa shape index (κ2) is 5.95. The molecule has 0 aliphatic rings. The molecule has 0 amide bonds. The van der Waals surface area contributed by atoms with Gasteiger partial charge in [-0.2, -0.15) is 0 Å². The van der Waals surface area contributed by atoms with E-state index in [1.54, 1.807) is 6.07 Å². The second-order valence-electron chi connectivity index (χ2n) is 3.85. The van der Waals surface area contributed by atoms with Crippen molar-refractivity contribution in [3.63, 3.8) is 0 Å². The summed E-state index contributed by atoms with van der Waals surface area (Å²) in [7, 11) is 0. The molecule has 0 aliphatic heterocycles. The van der Waals surface area contributed by atoms with Crippen LogP contribution in [-0.4, -0.2) is 17.6 Å². The molecule has 1 rings (SSSR count). The highest BCUT2D eigenvalue weighted by atomic mass is 35.5. The Kier molecular flexibility index (Phi) is 5.16. The van der Waals surface area contributed by atoms with Crippen molar-refractivity contribution in [3.05, 3.63) is 21.3 Å². The topological polar surface area (TPSA) is 16.1 Å². The number of nitrogens with zero attached hydrogens (tertiary/aromatic N) is 2. The summed E-state index contributed by atoms with van der Waals surface area (Å²) in [5, 5.41) is 1.22. The van der Waals surface area contributed by atoms with Gasteiger partial charge in [-0.15, -0.1) is 0 Å². The molecule has 1 aromatic heterocycles. The van der Waals surface area contributed by atoms with Gasteiger partial charge in [-0.1, -0.05) is 41.7 Å². The Morgan fingerprint density at radius 3 is 2.38 bits per heavy atom. The zero-order chi connectivity index (χ0) is 12.3. The molecule has 1 aromatic rings. The Labute approximate surface area is 112 Å². The smallest absolute Gasteiger partial charge is 0.150 e. The molecule has 1 heterocycles. The molecule has 0 N–H and O–H groups in total. The van der Waals surface area contributed by atoms with Crippen molar-refractivity contribution in [1.29, 1.82) is 0 Å². The molecule has 0 radical (unpaired) electrons. The van der Waals surface area contributed by atoms with Gasteiger partial charge in [0, 0.05) is 12.6 Å². The summed E-state index contributed by atoms with van der Waals surface area (Å²) in [5.74, 6) is 0.702. The summed E-state index contributed by atoms with van der Waals surface area (Å²) in [6.07, 6.45) is 1.02. The zero-order valence-electron chi connectivity index (χ0n) is 9.60. The van der Waals surface area contributed by atoms with Gasteiger partial charge in [0.25, 0.3) is 0 Å². The number of rotatable bonds is 4. The molecule has 5 heteroatoms. The predicted octanol–water partition coefficient (Wildman–Crippen LogP) is 4.67. The van der Waals surface area contributed by atoms with E-state index >= 15 is 0 Å². The van der Waals surface area contributed by atoms with Crippen LogP contribution < -0.4 is 4.90 Å². The molecule has 0 aliphatic carbocycles. The van der Waals surface area contributed by atoms with Crippen LogP contribution >= 0.6 is 34.8 Å². The molecule has 0 fully saturated rings. The Hall–Kier alpha value is -0.180. The van der Waals surface area contributed by atoms with Gasteiger partial charge in [-0.05, 0) is 26.3 Å². The van der Waals surface area contributed by atoms with Crippen LogP contribution in [0, 0.1) is 0 Å². The quantitative estimate of drug-likeness (QED) is 0.746. The van der Waals surface area contributed by atoms with Crippen LogP contribution in [0.15, 0.2) is 6.07 Å². The highest BCUT2D eigenvalue weighted by Gasteiger charge is 2.16. The lowest BCUT2D eigenvalue weighted by Gasteiger charge is -2.28. The average Bonchev–Trinajstić information content (AvgIpc) is 2.20. The van der Waals surface area contributed by atoms with Crippen LogP contribution in [0.3, 0.4) is 0 Å². The molecule has 0 unspecified atom stereocenters. The second-order valence-corrected chi connectivity index (χ2v) is 5.03. The van der Waals surface area contributed by atoms with Crippen molar-refractivity contribution in [2.24, 2.45) is 0 Å². The minimum absolute atomic E-state index is 0.294. The summed E-state index contributed by atoms with van der Waals surface area (Å²) in [6, 6.07) is 1.96. The zero-order valence-corrected chi connectivity index (χ0v) is 11.9. The van der Waals surface area contributed by atoms with Crippen LogP contribution in [0.25, 0.3) is 0 Å². The minimum Gasteiger partial charge on any atom is -0.353 e. The van der Waals surface area contributed by atoms with Gasteiger partial charge in [0.1, 0.15) is 11.0 Å². The molecule has 0 bridgehead atoms. The molecule has 0 spiro atoms. The third kappa shape index (κ3) is 3.16. The maximum absolute atomic E-state index is 6.13. The minimum atomic E-state index is 0.294. The summed E-state index contributed by atoms with van der Waals surface area (Å²) in [4.78, 5) is 6.36. The lowest BCUT2D eigenvalue weighted by atomic mass is 10.3. The monoisotopic (exact) mass is 280 g/mol. The molecule has 0 atom stereocenters. The average molecular weight is 282 g/mol. The van der Waals surface area contributed by atoms with Crippen LogP contribution in [0.5, 0.6) is 0 Å². The van der Waals surface area contributed by atoms with E-state index in [0.717, 1.165) is 13.0 Å². The Bertz CT molecular complexity index is 366. The van der Waals surface area contributed by atoms with Gasteiger partial charge >= 0.3 is 0 Å². The number of hydrogen-bond donors (Lipinski definition) is 0. The van der Waals surface area contributed by atoms with E-state index in [-0.39, 0.29) is 0 Å². The van der Waals surface area contributed by atoms with E-state index in [9.17, 15) is 0 Å². The van der Waals surface area contributed by atoms with E-state index in [4.69, 9.17) is 34.8 Å². The summed E-state index contributed by atoms with van der Waals surface area (Å²) in [5.41, 5.74) is 0. The molecule has 16 heavy (non-hydrogen) atoms. The van der Waals surface area contributed by atoms with Crippen LogP contribution in [-0.2, 0) is 0 Å². The number of anilines is 1. The van der Waals surface area contributed by atoms with Crippen molar-refractivity contribution in [2.75, 3.05) is 11.4 Å². The number of aromatic nitrogens is 1. The summed E-state index contributed by atoms with van der Waals surface area (Å²) < 4.78 is 0. The summed E-state index contributed by atoms with van der Waals surface area (Å²) >= 11 is 17.9. The fourth-order valence-corrected chi connectivity index (χ4v) is 2.09. The van der Waals surface area contributed by atoms with Gasteiger partial charge in [0.15, 0.2) is 0 Å². The molecule has 0 aromatic carbocycles. The number of halogens is 3. The first kappa shape index (κ1) is 13.9. The third-order valence-electron chi connectivity index (χ3n) is 2.23. The fourth-order valence-electron chi connectivity index (χ4n) is 1.49. The Balaban J connectivity index is 3.13. The third-order valence-corrected chi connectivity index (χ3v) is 3.18. The van der Waals surface area contributed by atoms with Gasteiger partial charge in [0.2, 0.25) is 0 Å². The van der Waals surface area contributed by atoms with Crippen LogP contribution in [0.1, 0.15) is 27.2 Å². The van der Waals surface area contributed by atoms with Gasteiger partial charge < -0.3 is 4.90 Å². The molecular formula is C11H15Cl3N2. The van der Waals surface area contributed by atoms with E-state index in [1.807, 2.05) is 0 Å². The van der Waals surface area contributed by atoms with E-state index in [2.05, 4.69) is 30.7 Å². The first-order valence-corrected chi connectivity index (χ1v) is 6.39. The van der Waals surface area contributed by atoms with Gasteiger partial charge in [-0.25, -0.2) is 4.98 Å². The maximum Gasteiger partial charge on any atom is 0.150 e. The van der Waals surface area contributed by atoms with Crippen molar-refractivity contribution >= 4 is 40.6 Å². The summed E-state index contributed by atoms with van der Waals surface area (Å²) in [6.45, 7) is 7.19. The Morgan fingerprint density at radius 2 is 1.88 bits per heavy atom. The highest BCUT2D eigenvalue weighted by molar-refractivity contribution is 6.42. The van der Waals surface area contributed by atoms with Crippen LogP contribution in [0.2, 0.25) is 15.2 Å². The molecule has 2 nitrogen and oxygen atoms in total. The number of hydrogen-bond acceptors (Lipinski definition) is 2. The highest BCUT2D eigenvalue weighted by Crippen LogP contribution is 2.32. The molecule has 0 saturated carbocycles. The van der Waals surface area contributed by atoms with E-state index < -0.39 is 0 Å². The molecular weight excluding hydrogens is 266 g/mol. The maximum atomic E-state index is 6.13. The largest absolute Gasteiger partial charge is 0.353 e. The molecule has 90 valence electrons. The lowest BCUT2D eigenvalue weighted by Crippen LogP contribution is -2.32. The van der Waals surface area contributed by atoms with Crippen molar-refractivity contribution < 1.29 is 0 Å². The van der Waals surface area contributed by atoms with E-state index in [0.29, 0.717) is 27.1 Å². The van der Waals surface area contributed by atoms with Gasteiger partial charge in [-0.3, -0.25) is 0 Å². The normalized spacial score (nSPS) is 10.9. The Morgan fingerprint density at radius 1 is 1.25 bits per heavy atom. The van der Waals surface area contributed by atoms with Crippen molar-refractivity contribution in [1.82, 2.24) is 4.98 Å². The molecule has 0 saturated heterocycles. The van der Waals surface area contributed by atoms with Crippen LogP contribution in [0.4, 0.5) is 5.82 Å². The first-order chi connectivity index (χ1) is 7.47. The fraction of sp³-hybridized carbons (Fsp3) is 0.545. The van der Waals surface area contributed by atoms with Crippen molar-refractivity contribution in [3.8, 4) is 0 Å². The van der Waals surface area contributed by atoms with Crippen molar-refractivity contribution in [2.45, 2.75) is 33.2 Å². The predicted molar refractivity (Wildman–Crippen MR) is 72.0 cm³/mol.